The maximum atomic E-state index is 12.6. The Morgan fingerprint density at radius 1 is 1.12 bits per heavy atom. The molecule has 2 aromatic heterocycles. The molecule has 0 unspecified atom stereocenters. The summed E-state index contributed by atoms with van der Waals surface area (Å²) in [7, 11) is 0. The molecule has 2 heterocycles. The average Bonchev–Trinajstić information content (AvgIpc) is 3.00. The lowest BCUT2D eigenvalue weighted by molar-refractivity contribution is -0.121. The van der Waals surface area contributed by atoms with Gasteiger partial charge in [0.1, 0.15) is 0 Å². The Kier molecular flexibility index (Phi) is 5.25. The van der Waals surface area contributed by atoms with Gasteiger partial charge < -0.3 is 5.32 Å². The lowest BCUT2D eigenvalue weighted by Crippen LogP contribution is -2.34. The second kappa shape index (κ2) is 7.42. The second-order valence-electron chi connectivity index (χ2n) is 6.15. The molecule has 0 bridgehead atoms. The van der Waals surface area contributed by atoms with Crippen LogP contribution in [0.3, 0.4) is 0 Å². The molecule has 5 nitrogen and oxygen atoms in total. The molecule has 1 N–H and O–H groups in total. The Morgan fingerprint density at radius 2 is 1.84 bits per heavy atom. The van der Waals surface area contributed by atoms with E-state index in [4.69, 9.17) is 23.2 Å². The smallest absolute Gasteiger partial charge is 0.225 e. The van der Waals surface area contributed by atoms with Gasteiger partial charge in [-0.1, -0.05) is 49.2 Å². The highest BCUT2D eigenvalue weighted by Gasteiger charge is 2.24. The average molecular weight is 377 g/mol. The topological polar surface area (TPSA) is 59.3 Å². The quantitative estimate of drug-likeness (QED) is 0.729. The lowest BCUT2D eigenvalue weighted by atomic mass is 10.0. The minimum atomic E-state index is -0.272. The fourth-order valence-corrected chi connectivity index (χ4v) is 3.22. The van der Waals surface area contributed by atoms with Crippen molar-refractivity contribution in [2.75, 3.05) is 0 Å². The molecule has 1 aromatic carbocycles. The van der Waals surface area contributed by atoms with Crippen LogP contribution in [0.2, 0.25) is 10.0 Å². The van der Waals surface area contributed by atoms with Crippen molar-refractivity contribution < 1.29 is 4.79 Å². The first kappa shape index (κ1) is 17.7. The van der Waals surface area contributed by atoms with Crippen molar-refractivity contribution in [2.45, 2.75) is 26.3 Å². The molecule has 1 amide bonds. The van der Waals surface area contributed by atoms with Crippen molar-refractivity contribution >= 4 is 34.8 Å². The Morgan fingerprint density at radius 3 is 2.52 bits per heavy atom. The van der Waals surface area contributed by atoms with Gasteiger partial charge in [0.2, 0.25) is 5.91 Å². The third-order valence-corrected chi connectivity index (χ3v) is 4.71. The number of benzene rings is 1. The number of fused-ring (bicyclic) bond motifs is 1. The number of rotatable bonds is 5. The Balaban J connectivity index is 1.84. The van der Waals surface area contributed by atoms with Gasteiger partial charge in [0.15, 0.2) is 11.5 Å². The number of pyridine rings is 1. The normalized spacial score (nSPS) is 12.5. The van der Waals surface area contributed by atoms with Crippen molar-refractivity contribution in [3.05, 3.63) is 64.0 Å². The van der Waals surface area contributed by atoms with Gasteiger partial charge in [-0.05, 0) is 35.7 Å². The van der Waals surface area contributed by atoms with E-state index in [0.717, 1.165) is 5.65 Å². The van der Waals surface area contributed by atoms with Crippen molar-refractivity contribution in [2.24, 2.45) is 5.92 Å². The summed E-state index contributed by atoms with van der Waals surface area (Å²) in [5.41, 5.74) is 1.36. The van der Waals surface area contributed by atoms with E-state index in [1.54, 1.807) is 18.2 Å². The summed E-state index contributed by atoms with van der Waals surface area (Å²) in [6.07, 6.45) is 2.00. The third kappa shape index (κ3) is 3.78. The van der Waals surface area contributed by atoms with E-state index in [2.05, 4.69) is 15.5 Å². The molecule has 130 valence electrons. The van der Waals surface area contributed by atoms with Crippen molar-refractivity contribution in [3.63, 3.8) is 0 Å². The van der Waals surface area contributed by atoms with Crippen LogP contribution in [0.25, 0.3) is 5.65 Å². The molecule has 0 aliphatic heterocycles. The van der Waals surface area contributed by atoms with E-state index < -0.39 is 0 Å². The van der Waals surface area contributed by atoms with Crippen LogP contribution >= 0.6 is 23.2 Å². The van der Waals surface area contributed by atoms with Gasteiger partial charge in [-0.25, -0.2) is 0 Å². The predicted molar refractivity (Wildman–Crippen MR) is 98.9 cm³/mol. The maximum Gasteiger partial charge on any atom is 0.225 e. The number of hydrogen-bond acceptors (Lipinski definition) is 3. The number of carbonyl (C=O) groups is 1. The number of nitrogens with one attached hydrogen (secondary N) is 1. The van der Waals surface area contributed by atoms with Gasteiger partial charge >= 0.3 is 0 Å². The summed E-state index contributed by atoms with van der Waals surface area (Å²) in [5, 5.41) is 12.4. The molecule has 0 radical (unpaired) electrons. The fraction of sp³-hybridized carbons (Fsp3) is 0.278. The highest BCUT2D eigenvalue weighted by molar-refractivity contribution is 6.36. The number of nitrogens with zero attached hydrogens (tertiary/aromatic N) is 3. The molecule has 0 saturated carbocycles. The van der Waals surface area contributed by atoms with E-state index in [9.17, 15) is 4.79 Å². The zero-order valence-corrected chi connectivity index (χ0v) is 15.4. The zero-order chi connectivity index (χ0) is 18.0. The van der Waals surface area contributed by atoms with Crippen LogP contribution < -0.4 is 5.32 Å². The molecule has 1 atom stereocenters. The van der Waals surface area contributed by atoms with E-state index in [1.807, 2.05) is 42.6 Å². The molecule has 0 saturated heterocycles. The Bertz CT molecular complexity index is 887. The SMILES string of the molecule is CC(C)[C@H](NC(=O)Cc1c(Cl)cccc1Cl)c1nnc2ccccn12. The van der Waals surface area contributed by atoms with Gasteiger partial charge in [0.05, 0.1) is 12.5 Å². The highest BCUT2D eigenvalue weighted by atomic mass is 35.5. The highest BCUT2D eigenvalue weighted by Crippen LogP contribution is 2.26. The van der Waals surface area contributed by atoms with Crippen LogP contribution in [0.1, 0.15) is 31.3 Å². The van der Waals surface area contributed by atoms with E-state index in [-0.39, 0.29) is 24.3 Å². The van der Waals surface area contributed by atoms with Gasteiger partial charge in [0, 0.05) is 16.2 Å². The summed E-state index contributed by atoms with van der Waals surface area (Å²) < 4.78 is 1.88. The van der Waals surface area contributed by atoms with Crippen LogP contribution in [0, 0.1) is 5.92 Å². The van der Waals surface area contributed by atoms with Crippen LogP contribution in [-0.4, -0.2) is 20.5 Å². The number of hydrogen-bond donors (Lipinski definition) is 1. The molecule has 25 heavy (non-hydrogen) atoms. The molecule has 0 fully saturated rings. The first-order valence-electron chi connectivity index (χ1n) is 7.99. The summed E-state index contributed by atoms with van der Waals surface area (Å²) in [6.45, 7) is 4.05. The van der Waals surface area contributed by atoms with Crippen molar-refractivity contribution in [1.82, 2.24) is 19.9 Å². The van der Waals surface area contributed by atoms with Gasteiger partial charge in [-0.2, -0.15) is 0 Å². The van der Waals surface area contributed by atoms with E-state index in [1.165, 1.54) is 0 Å². The number of halogens is 2. The monoisotopic (exact) mass is 376 g/mol. The zero-order valence-electron chi connectivity index (χ0n) is 13.9. The van der Waals surface area contributed by atoms with Gasteiger partial charge in [-0.15, -0.1) is 10.2 Å². The standard InChI is InChI=1S/C18H18Cl2N4O/c1-11(2)17(18-23-22-15-8-3-4-9-24(15)18)21-16(25)10-12-13(19)6-5-7-14(12)20/h3-9,11,17H,10H2,1-2H3,(H,21,25)/t17-/m0/s1. The molecule has 0 spiro atoms. The van der Waals surface area contributed by atoms with Gasteiger partial charge in [-0.3, -0.25) is 9.20 Å². The van der Waals surface area contributed by atoms with Crippen LogP contribution in [0.15, 0.2) is 42.6 Å². The van der Waals surface area contributed by atoms with Crippen molar-refractivity contribution in [1.29, 1.82) is 0 Å². The molecule has 0 aliphatic rings. The number of aromatic nitrogens is 3. The first-order chi connectivity index (χ1) is 12.0. The van der Waals surface area contributed by atoms with Gasteiger partial charge in [0.25, 0.3) is 0 Å². The van der Waals surface area contributed by atoms with Crippen LogP contribution in [0.5, 0.6) is 0 Å². The molecule has 0 aliphatic carbocycles. The lowest BCUT2D eigenvalue weighted by Gasteiger charge is -2.21. The van der Waals surface area contributed by atoms with E-state index in [0.29, 0.717) is 21.4 Å². The number of amides is 1. The molecular formula is C18H18Cl2N4O. The Hall–Kier alpha value is -2.11. The molecule has 7 heteroatoms. The Labute approximate surface area is 156 Å². The molecule has 3 aromatic rings. The minimum Gasteiger partial charge on any atom is -0.346 e. The van der Waals surface area contributed by atoms with Crippen LogP contribution in [0.4, 0.5) is 0 Å². The fourth-order valence-electron chi connectivity index (χ4n) is 2.69. The largest absolute Gasteiger partial charge is 0.346 e. The summed E-state index contributed by atoms with van der Waals surface area (Å²) >= 11 is 12.3. The van der Waals surface area contributed by atoms with E-state index >= 15 is 0 Å². The first-order valence-corrected chi connectivity index (χ1v) is 8.75. The minimum absolute atomic E-state index is 0.110. The molecular weight excluding hydrogens is 359 g/mol. The molecule has 3 rings (SSSR count). The summed E-state index contributed by atoms with van der Waals surface area (Å²) in [5.74, 6) is 0.670. The summed E-state index contributed by atoms with van der Waals surface area (Å²) in [6, 6.07) is 10.6. The predicted octanol–water partition coefficient (Wildman–Crippen LogP) is 4.09. The van der Waals surface area contributed by atoms with Crippen molar-refractivity contribution in [3.8, 4) is 0 Å². The number of carbonyl (C=O) groups excluding carboxylic acids is 1. The maximum absolute atomic E-state index is 12.6. The second-order valence-corrected chi connectivity index (χ2v) is 6.97. The van der Waals surface area contributed by atoms with Crippen LogP contribution in [-0.2, 0) is 11.2 Å². The summed E-state index contributed by atoms with van der Waals surface area (Å²) in [4.78, 5) is 12.6. The third-order valence-electron chi connectivity index (χ3n) is 4.00.